The fraction of sp³-hybridized carbons (Fsp3) is 0.484. The normalized spacial score (nSPS) is 20.5. The molecule has 1 atom stereocenters. The second kappa shape index (κ2) is 10.8. The van der Waals surface area contributed by atoms with Crippen molar-refractivity contribution in [3.8, 4) is 17.2 Å². The molecule has 39 heavy (non-hydrogen) atoms. The minimum atomic E-state index is -0.539. The lowest BCUT2D eigenvalue weighted by molar-refractivity contribution is -0.121. The van der Waals surface area contributed by atoms with Crippen molar-refractivity contribution in [3.05, 3.63) is 53.2 Å². The first-order chi connectivity index (χ1) is 18.7. The molecule has 0 saturated heterocycles. The highest BCUT2D eigenvalue weighted by atomic mass is 16.5. The second-order valence-corrected chi connectivity index (χ2v) is 11.5. The summed E-state index contributed by atoms with van der Waals surface area (Å²) in [6.07, 6.45) is 5.41. The van der Waals surface area contributed by atoms with Crippen LogP contribution in [0.25, 0.3) is 0 Å². The monoisotopic (exact) mass is 533 g/mol. The molecule has 1 fully saturated rings. The van der Waals surface area contributed by atoms with Crippen LogP contribution >= 0.6 is 0 Å². The quantitative estimate of drug-likeness (QED) is 0.493. The minimum absolute atomic E-state index is 0.0539. The first-order valence-electron chi connectivity index (χ1n) is 13.7. The van der Waals surface area contributed by atoms with Gasteiger partial charge in [0.2, 0.25) is 11.7 Å². The molecule has 8 heteroatoms. The zero-order chi connectivity index (χ0) is 27.7. The van der Waals surface area contributed by atoms with Crippen LogP contribution in [0.2, 0.25) is 0 Å². The number of carbonyl (C=O) groups excluding carboxylic acids is 2. The molecular weight excluding hydrogens is 494 g/mol. The number of amides is 1. The lowest BCUT2D eigenvalue weighted by Crippen LogP contribution is -2.44. The Bertz CT molecular complexity index is 1270. The number of anilines is 2. The smallest absolute Gasteiger partial charge is 0.239 e. The summed E-state index contributed by atoms with van der Waals surface area (Å²) < 4.78 is 17.0. The summed E-state index contributed by atoms with van der Waals surface area (Å²) in [5, 5.41) is 6.84. The molecule has 1 aliphatic heterocycles. The van der Waals surface area contributed by atoms with Gasteiger partial charge in [0.1, 0.15) is 0 Å². The van der Waals surface area contributed by atoms with Gasteiger partial charge in [-0.3, -0.25) is 9.59 Å². The summed E-state index contributed by atoms with van der Waals surface area (Å²) in [6, 6.07) is 11.4. The van der Waals surface area contributed by atoms with Gasteiger partial charge in [0.25, 0.3) is 0 Å². The van der Waals surface area contributed by atoms with E-state index in [4.69, 9.17) is 14.2 Å². The number of ether oxygens (including phenoxy) is 3. The molecule has 2 aromatic rings. The zero-order valence-electron chi connectivity index (χ0n) is 23.6. The van der Waals surface area contributed by atoms with Crippen LogP contribution in [0.5, 0.6) is 17.2 Å². The first-order valence-corrected chi connectivity index (χ1v) is 13.7. The first kappa shape index (κ1) is 26.9. The molecule has 3 aliphatic rings. The number of methoxy groups -OCH3 is 3. The summed E-state index contributed by atoms with van der Waals surface area (Å²) in [7, 11) is 4.73. The molecule has 0 radical (unpaired) electrons. The molecule has 1 amide bonds. The summed E-state index contributed by atoms with van der Waals surface area (Å²) in [5.74, 6) is 1.49. The number of ketones is 1. The van der Waals surface area contributed by atoms with Crippen molar-refractivity contribution in [2.45, 2.75) is 64.5 Å². The highest BCUT2D eigenvalue weighted by Crippen LogP contribution is 2.50. The largest absolute Gasteiger partial charge is 0.493 e. The van der Waals surface area contributed by atoms with Gasteiger partial charge in [0, 0.05) is 23.7 Å². The number of carbonyl (C=O) groups is 2. The van der Waals surface area contributed by atoms with Crippen LogP contribution in [0.3, 0.4) is 0 Å². The van der Waals surface area contributed by atoms with Crippen LogP contribution in [0.1, 0.15) is 64.0 Å². The summed E-state index contributed by atoms with van der Waals surface area (Å²) in [4.78, 5) is 29.5. The van der Waals surface area contributed by atoms with E-state index in [0.29, 0.717) is 35.7 Å². The van der Waals surface area contributed by atoms with Crippen molar-refractivity contribution in [3.63, 3.8) is 0 Å². The molecule has 0 aromatic heterocycles. The van der Waals surface area contributed by atoms with E-state index in [0.717, 1.165) is 48.3 Å². The van der Waals surface area contributed by atoms with Crippen molar-refractivity contribution >= 4 is 23.1 Å². The van der Waals surface area contributed by atoms with Crippen LogP contribution < -0.4 is 29.7 Å². The fourth-order valence-electron chi connectivity index (χ4n) is 6.33. The average Bonchev–Trinajstić information content (AvgIpc) is 3.37. The lowest BCUT2D eigenvalue weighted by atomic mass is 9.73. The van der Waals surface area contributed by atoms with Gasteiger partial charge in [-0.05, 0) is 54.5 Å². The summed E-state index contributed by atoms with van der Waals surface area (Å²) >= 11 is 0. The van der Waals surface area contributed by atoms with Crippen molar-refractivity contribution in [1.29, 1.82) is 0 Å². The van der Waals surface area contributed by atoms with Gasteiger partial charge in [-0.2, -0.15) is 0 Å². The number of benzene rings is 2. The maximum absolute atomic E-state index is 14.0. The minimum Gasteiger partial charge on any atom is -0.493 e. The average molecular weight is 534 g/mol. The van der Waals surface area contributed by atoms with Gasteiger partial charge in [0.15, 0.2) is 17.3 Å². The Morgan fingerprint density at radius 2 is 1.69 bits per heavy atom. The number of nitrogens with zero attached hydrogens (tertiary/aromatic N) is 1. The van der Waals surface area contributed by atoms with E-state index in [1.165, 1.54) is 0 Å². The zero-order valence-corrected chi connectivity index (χ0v) is 23.6. The molecule has 1 heterocycles. The lowest BCUT2D eigenvalue weighted by Gasteiger charge is -2.38. The number of fused-ring (bicyclic) bond motifs is 1. The molecule has 2 N–H and O–H groups in total. The number of Topliss-reactive ketones (excluding diaryl/α,β-unsaturated/α-hetero) is 1. The molecule has 1 unspecified atom stereocenters. The standard InChI is InChI=1S/C31H39N3O5/c1-31(2)16-22-28(24(35)17-31)29(19-14-25(37-3)30(39-5)26(15-19)38-4)34(23-13-9-8-12-21(23)33-22)18-27(36)32-20-10-6-7-11-20/h8-9,12-15,20,29,33H,6-7,10-11,16-18H2,1-5H3,(H,32,36). The maximum Gasteiger partial charge on any atom is 0.239 e. The Balaban J connectivity index is 1.70. The van der Waals surface area contributed by atoms with Gasteiger partial charge >= 0.3 is 0 Å². The van der Waals surface area contributed by atoms with E-state index in [-0.39, 0.29) is 29.7 Å². The van der Waals surface area contributed by atoms with Crippen molar-refractivity contribution < 1.29 is 23.8 Å². The van der Waals surface area contributed by atoms with Crippen molar-refractivity contribution in [2.75, 3.05) is 38.1 Å². The molecule has 5 rings (SSSR count). The maximum atomic E-state index is 14.0. The Kier molecular flexibility index (Phi) is 7.47. The number of nitrogens with one attached hydrogen (secondary N) is 2. The van der Waals surface area contributed by atoms with Gasteiger partial charge in [0.05, 0.1) is 45.3 Å². The van der Waals surface area contributed by atoms with E-state index >= 15 is 0 Å². The number of hydrogen-bond acceptors (Lipinski definition) is 7. The van der Waals surface area contributed by atoms with Crippen LogP contribution in [0.4, 0.5) is 11.4 Å². The fourth-order valence-corrected chi connectivity index (χ4v) is 6.33. The SMILES string of the molecule is COc1cc(C2C3=C(CC(C)(C)CC3=O)Nc3ccccc3N2CC(=O)NC2CCCC2)cc(OC)c1OC. The van der Waals surface area contributed by atoms with Crippen LogP contribution in [-0.4, -0.2) is 45.6 Å². The Morgan fingerprint density at radius 1 is 1.03 bits per heavy atom. The molecule has 8 nitrogen and oxygen atoms in total. The Hall–Kier alpha value is -3.68. The van der Waals surface area contributed by atoms with Gasteiger partial charge in [-0.15, -0.1) is 0 Å². The molecule has 208 valence electrons. The Labute approximate surface area is 230 Å². The van der Waals surface area contributed by atoms with Gasteiger partial charge in [-0.1, -0.05) is 38.8 Å². The van der Waals surface area contributed by atoms with Crippen LogP contribution in [-0.2, 0) is 9.59 Å². The second-order valence-electron chi connectivity index (χ2n) is 11.5. The molecule has 2 aromatic carbocycles. The third-order valence-electron chi connectivity index (χ3n) is 8.04. The highest BCUT2D eigenvalue weighted by Gasteiger charge is 2.42. The van der Waals surface area contributed by atoms with E-state index in [2.05, 4.69) is 24.5 Å². The van der Waals surface area contributed by atoms with E-state index in [1.807, 2.05) is 41.3 Å². The van der Waals surface area contributed by atoms with Gasteiger partial charge < -0.3 is 29.7 Å². The number of hydrogen-bond donors (Lipinski definition) is 2. The van der Waals surface area contributed by atoms with Crippen LogP contribution in [0.15, 0.2) is 47.7 Å². The third-order valence-corrected chi connectivity index (χ3v) is 8.04. The third kappa shape index (κ3) is 5.29. The van der Waals surface area contributed by atoms with Gasteiger partial charge in [-0.25, -0.2) is 0 Å². The van der Waals surface area contributed by atoms with Crippen molar-refractivity contribution in [2.24, 2.45) is 5.41 Å². The predicted octanol–water partition coefficient (Wildman–Crippen LogP) is 5.39. The van der Waals surface area contributed by atoms with E-state index in [9.17, 15) is 9.59 Å². The number of allylic oxidation sites excluding steroid dienone is 1. The Morgan fingerprint density at radius 3 is 2.33 bits per heavy atom. The molecule has 1 saturated carbocycles. The number of rotatable bonds is 7. The summed E-state index contributed by atoms with van der Waals surface area (Å²) in [6.45, 7) is 4.34. The molecule has 2 aliphatic carbocycles. The van der Waals surface area contributed by atoms with E-state index in [1.54, 1.807) is 21.3 Å². The highest BCUT2D eigenvalue weighted by molar-refractivity contribution is 6.02. The van der Waals surface area contributed by atoms with E-state index < -0.39 is 6.04 Å². The van der Waals surface area contributed by atoms with Crippen LogP contribution in [0, 0.1) is 5.41 Å². The number of para-hydroxylation sites is 2. The molecule has 0 spiro atoms. The summed E-state index contributed by atoms with van der Waals surface area (Å²) in [5.41, 5.74) is 3.90. The topological polar surface area (TPSA) is 89.1 Å². The molecular formula is C31H39N3O5. The van der Waals surface area contributed by atoms with Crippen molar-refractivity contribution in [1.82, 2.24) is 5.32 Å². The predicted molar refractivity (Wildman–Crippen MR) is 152 cm³/mol. The molecule has 0 bridgehead atoms.